The van der Waals surface area contributed by atoms with E-state index >= 15 is 0 Å². The molecule has 2 aromatic rings. The Labute approximate surface area is 226 Å². The first-order valence-electron chi connectivity index (χ1n) is 13.3. The number of halogens is 2. The molecule has 3 aliphatic rings. The lowest BCUT2D eigenvalue weighted by Crippen LogP contribution is -2.54. The number of dihydropyridines is 1. The number of hydrogen-bond donors (Lipinski definition) is 1. The molecule has 2 atom stereocenters. The first-order chi connectivity index (χ1) is 18.2. The molecule has 38 heavy (non-hydrogen) atoms. The Morgan fingerprint density at radius 3 is 2.61 bits per heavy atom. The summed E-state index contributed by atoms with van der Waals surface area (Å²) in [5.41, 5.74) is 2.37. The number of fused-ring (bicyclic) bond motifs is 1. The van der Waals surface area contributed by atoms with E-state index in [9.17, 15) is 18.4 Å². The lowest BCUT2D eigenvalue weighted by Gasteiger charge is -2.44. The molecule has 1 aliphatic carbocycles. The second-order valence-corrected chi connectivity index (χ2v) is 11.7. The van der Waals surface area contributed by atoms with Gasteiger partial charge in [0.15, 0.2) is 0 Å². The molecule has 0 bridgehead atoms. The molecule has 1 unspecified atom stereocenters. The molecule has 1 saturated carbocycles. The highest BCUT2D eigenvalue weighted by Gasteiger charge is 2.37. The van der Waals surface area contributed by atoms with Gasteiger partial charge in [0.05, 0.1) is 17.7 Å². The first-order valence-corrected chi connectivity index (χ1v) is 14.6. The number of thioether (sulfide) groups is 1. The van der Waals surface area contributed by atoms with Crippen LogP contribution in [0.5, 0.6) is 0 Å². The number of hydrogen-bond acceptors (Lipinski definition) is 5. The molecular weight excluding hydrogens is 508 g/mol. The van der Waals surface area contributed by atoms with Crippen LogP contribution < -0.4 is 5.32 Å². The van der Waals surface area contributed by atoms with Crippen LogP contribution in [0.1, 0.15) is 61.6 Å². The summed E-state index contributed by atoms with van der Waals surface area (Å²) in [6, 6.07) is 1.87. The highest BCUT2D eigenvalue weighted by molar-refractivity contribution is 8.02. The second kappa shape index (κ2) is 10.9. The zero-order valence-corrected chi connectivity index (χ0v) is 23.2. The number of carbonyl (C=O) groups excluding carboxylic acids is 2. The molecule has 0 spiro atoms. The van der Waals surface area contributed by atoms with Crippen LogP contribution in [0.15, 0.2) is 28.2 Å². The number of rotatable bonds is 7. The second-order valence-electron chi connectivity index (χ2n) is 10.8. The van der Waals surface area contributed by atoms with Gasteiger partial charge in [-0.15, -0.1) is 11.8 Å². The third-order valence-electron chi connectivity index (χ3n) is 8.48. The van der Waals surface area contributed by atoms with E-state index in [2.05, 4.69) is 31.7 Å². The van der Waals surface area contributed by atoms with Crippen molar-refractivity contribution in [3.8, 4) is 0 Å². The van der Waals surface area contributed by atoms with Crippen molar-refractivity contribution in [2.24, 2.45) is 16.8 Å². The molecule has 204 valence electrons. The molecule has 0 aromatic carbocycles. The van der Waals surface area contributed by atoms with E-state index in [0.29, 0.717) is 47.4 Å². The van der Waals surface area contributed by atoms with Crippen molar-refractivity contribution in [1.82, 2.24) is 19.8 Å². The van der Waals surface area contributed by atoms with E-state index in [-0.39, 0.29) is 24.4 Å². The van der Waals surface area contributed by atoms with Crippen LogP contribution in [0.25, 0.3) is 11.0 Å². The number of amides is 2. The van der Waals surface area contributed by atoms with Gasteiger partial charge in [-0.3, -0.25) is 14.5 Å². The van der Waals surface area contributed by atoms with Crippen molar-refractivity contribution >= 4 is 40.3 Å². The van der Waals surface area contributed by atoms with Crippen LogP contribution in [-0.4, -0.2) is 70.1 Å². The van der Waals surface area contributed by atoms with Crippen LogP contribution in [-0.2, 0) is 4.79 Å². The van der Waals surface area contributed by atoms with Crippen molar-refractivity contribution < 1.29 is 18.4 Å². The Balaban J connectivity index is 1.36. The minimum absolute atomic E-state index is 0.0616. The van der Waals surface area contributed by atoms with Gasteiger partial charge >= 0.3 is 0 Å². The zero-order valence-electron chi connectivity index (χ0n) is 22.3. The summed E-state index contributed by atoms with van der Waals surface area (Å²) >= 11 is 1.47. The van der Waals surface area contributed by atoms with Gasteiger partial charge in [-0.2, -0.15) is 0 Å². The Hall–Kier alpha value is -2.59. The predicted molar refractivity (Wildman–Crippen MR) is 147 cm³/mol. The number of nitrogens with one attached hydrogen (secondary N) is 1. The molecule has 1 N–H and O–H groups in total. The fraction of sp³-hybridized carbons (Fsp3) is 0.571. The number of likely N-dealkylation sites (tertiary alicyclic amines) is 1. The monoisotopic (exact) mass is 543 g/mol. The number of alkyl halides is 1. The standard InChI is InChI=1S/C28H35F2N5O2S/c1-15-9-24(38-4)23(27(36)33-15)12-32-28(37)25-17(3)35(26-22(25)10-19(29)11-31-26)16(2)18-5-7-21(8-6-18)34-13-20(30)14-34/h9-11,16,18,20-21,23H,5-8,12-14H2,1-4H3,(H,32,37)/t16-,18?,21?,23?/m1/s1. The maximum atomic E-state index is 14.3. The van der Waals surface area contributed by atoms with Gasteiger partial charge in [0.2, 0.25) is 0 Å². The van der Waals surface area contributed by atoms with Crippen molar-refractivity contribution in [3.63, 3.8) is 0 Å². The molecule has 5 rings (SSSR count). The summed E-state index contributed by atoms with van der Waals surface area (Å²) in [6.07, 6.45) is 8.34. The maximum Gasteiger partial charge on any atom is 0.255 e. The smallest absolute Gasteiger partial charge is 0.255 e. The van der Waals surface area contributed by atoms with Crippen molar-refractivity contribution in [1.29, 1.82) is 0 Å². The third kappa shape index (κ3) is 5.04. The van der Waals surface area contributed by atoms with Gasteiger partial charge < -0.3 is 9.88 Å². The predicted octanol–water partition coefficient (Wildman–Crippen LogP) is 4.85. The zero-order chi connectivity index (χ0) is 27.1. The van der Waals surface area contributed by atoms with E-state index in [0.717, 1.165) is 36.3 Å². The van der Waals surface area contributed by atoms with Gasteiger partial charge in [0, 0.05) is 53.4 Å². The van der Waals surface area contributed by atoms with Gasteiger partial charge in [0.25, 0.3) is 11.8 Å². The number of aromatic nitrogens is 2. The lowest BCUT2D eigenvalue weighted by molar-refractivity contribution is -0.120. The minimum Gasteiger partial charge on any atom is -0.351 e. The van der Waals surface area contributed by atoms with Crippen LogP contribution in [0.4, 0.5) is 8.78 Å². The molecule has 2 amide bonds. The number of carbonyl (C=O) groups is 2. The van der Waals surface area contributed by atoms with Gasteiger partial charge in [0.1, 0.15) is 17.6 Å². The van der Waals surface area contributed by atoms with E-state index in [1.807, 2.05) is 19.3 Å². The Morgan fingerprint density at radius 1 is 1.24 bits per heavy atom. The highest BCUT2D eigenvalue weighted by Crippen LogP contribution is 2.39. The summed E-state index contributed by atoms with van der Waals surface area (Å²) in [7, 11) is 0. The quantitative estimate of drug-likeness (QED) is 0.540. The Morgan fingerprint density at radius 2 is 1.95 bits per heavy atom. The molecule has 1 saturated heterocycles. The molecule has 2 aromatic heterocycles. The normalized spacial score (nSPS) is 25.6. The molecular formula is C28H35F2N5O2S. The van der Waals surface area contributed by atoms with Gasteiger partial charge in [-0.1, -0.05) is 0 Å². The molecule has 4 heterocycles. The number of aliphatic imine (C=N–C) groups is 1. The summed E-state index contributed by atoms with van der Waals surface area (Å²) in [5, 5.41) is 3.39. The van der Waals surface area contributed by atoms with E-state index < -0.39 is 17.9 Å². The molecule has 2 fully saturated rings. The number of allylic oxidation sites excluding steroid dienone is 1. The number of pyridine rings is 1. The fourth-order valence-electron chi connectivity index (χ4n) is 6.37. The van der Waals surface area contributed by atoms with E-state index in [1.165, 1.54) is 24.0 Å². The van der Waals surface area contributed by atoms with Crippen LogP contribution >= 0.6 is 11.8 Å². The molecule has 7 nitrogen and oxygen atoms in total. The number of nitrogens with zero attached hydrogens (tertiary/aromatic N) is 4. The molecule has 10 heteroatoms. The summed E-state index contributed by atoms with van der Waals surface area (Å²) in [5.74, 6) is -1.29. The fourth-order valence-corrected chi connectivity index (χ4v) is 7.12. The summed E-state index contributed by atoms with van der Waals surface area (Å²) in [4.78, 5) is 37.6. The average molecular weight is 544 g/mol. The van der Waals surface area contributed by atoms with Gasteiger partial charge in [-0.05, 0) is 70.8 Å². The molecule has 2 aliphatic heterocycles. The SMILES string of the molecule is CSC1=CC(C)=NC(=O)C1CNC(=O)c1c(C)n([C@H](C)C2CCC(N3CC(F)C3)CC2)c2ncc(F)cc12. The minimum atomic E-state index is -0.687. The summed E-state index contributed by atoms with van der Waals surface area (Å²) in [6.45, 7) is 7.01. The highest BCUT2D eigenvalue weighted by atomic mass is 32.2. The summed E-state index contributed by atoms with van der Waals surface area (Å²) < 4.78 is 29.7. The molecule has 0 radical (unpaired) electrons. The van der Waals surface area contributed by atoms with E-state index in [1.54, 1.807) is 6.92 Å². The van der Waals surface area contributed by atoms with Crippen LogP contribution in [0, 0.1) is 24.6 Å². The van der Waals surface area contributed by atoms with Gasteiger partial charge in [-0.25, -0.2) is 18.8 Å². The first kappa shape index (κ1) is 27.0. The van der Waals surface area contributed by atoms with Crippen molar-refractivity contribution in [2.75, 3.05) is 25.9 Å². The van der Waals surface area contributed by atoms with Crippen LogP contribution in [0.3, 0.4) is 0 Å². The maximum absolute atomic E-state index is 14.3. The van der Waals surface area contributed by atoms with E-state index in [4.69, 9.17) is 0 Å². The Bertz CT molecular complexity index is 1310. The topological polar surface area (TPSA) is 79.6 Å². The van der Waals surface area contributed by atoms with Crippen molar-refractivity contribution in [3.05, 3.63) is 40.3 Å². The van der Waals surface area contributed by atoms with Crippen LogP contribution in [0.2, 0.25) is 0 Å². The van der Waals surface area contributed by atoms with Crippen molar-refractivity contribution in [2.45, 2.75) is 64.7 Å². The average Bonchev–Trinajstić information content (AvgIpc) is 3.16. The third-order valence-corrected chi connectivity index (χ3v) is 9.35. The Kier molecular flexibility index (Phi) is 7.73. The lowest BCUT2D eigenvalue weighted by atomic mass is 9.80. The largest absolute Gasteiger partial charge is 0.351 e.